The Bertz CT molecular complexity index is 468. The summed E-state index contributed by atoms with van der Waals surface area (Å²) in [6, 6.07) is 4.45. The van der Waals surface area contributed by atoms with Crippen LogP contribution in [0.2, 0.25) is 0 Å². The maximum atomic E-state index is 12.1. The first kappa shape index (κ1) is 15.0. The van der Waals surface area contributed by atoms with E-state index < -0.39 is 4.92 Å². The molecule has 0 radical (unpaired) electrons. The lowest BCUT2D eigenvalue weighted by Gasteiger charge is -2.17. The molecule has 0 saturated heterocycles. The first-order valence-corrected chi connectivity index (χ1v) is 7.35. The lowest BCUT2D eigenvalue weighted by Crippen LogP contribution is -2.29. The Labute approximate surface area is 118 Å². The summed E-state index contributed by atoms with van der Waals surface area (Å²) in [6.07, 6.45) is 1.96. The fraction of sp³-hybridized carbons (Fsp3) is 0.364. The summed E-state index contributed by atoms with van der Waals surface area (Å²) in [4.78, 5) is 23.9. The van der Waals surface area contributed by atoms with Gasteiger partial charge >= 0.3 is 0 Å². The molecule has 0 unspecified atom stereocenters. The van der Waals surface area contributed by atoms with Crippen molar-refractivity contribution in [3.63, 3.8) is 0 Å². The van der Waals surface area contributed by atoms with Crippen molar-refractivity contribution in [1.29, 1.82) is 0 Å². The van der Waals surface area contributed by atoms with Crippen molar-refractivity contribution in [2.45, 2.75) is 0 Å². The van der Waals surface area contributed by atoms with E-state index in [9.17, 15) is 14.9 Å². The third-order valence-electron chi connectivity index (χ3n) is 2.38. The highest BCUT2D eigenvalue weighted by atomic mass is 79.9. The van der Waals surface area contributed by atoms with Gasteiger partial charge in [-0.05, 0) is 28.3 Å². The minimum Gasteiger partial charge on any atom is -0.341 e. The third-order valence-corrected chi connectivity index (χ3v) is 3.81. The molecular weight excluding hydrogens is 320 g/mol. The van der Waals surface area contributed by atoms with E-state index in [1.807, 2.05) is 6.26 Å². The Kier molecular flexibility index (Phi) is 5.61. The minimum atomic E-state index is -0.511. The smallest absolute Gasteiger partial charge is 0.284 e. The van der Waals surface area contributed by atoms with Crippen LogP contribution in [-0.2, 0) is 0 Å². The number of halogens is 1. The number of nitro groups is 1. The van der Waals surface area contributed by atoms with E-state index in [2.05, 4.69) is 15.9 Å². The number of benzene rings is 1. The highest BCUT2D eigenvalue weighted by Gasteiger charge is 2.21. The van der Waals surface area contributed by atoms with Gasteiger partial charge in [-0.15, -0.1) is 0 Å². The molecule has 1 rings (SSSR count). The van der Waals surface area contributed by atoms with Crippen LogP contribution in [0.5, 0.6) is 0 Å². The van der Waals surface area contributed by atoms with Gasteiger partial charge in [-0.1, -0.05) is 6.07 Å². The van der Waals surface area contributed by atoms with Gasteiger partial charge in [0.2, 0.25) is 0 Å². The number of nitro benzene ring substituents is 1. The summed E-state index contributed by atoms with van der Waals surface area (Å²) in [5.41, 5.74) is 0.215. The van der Waals surface area contributed by atoms with Crippen molar-refractivity contribution in [3.8, 4) is 0 Å². The molecule has 98 valence electrons. The predicted octanol–water partition coefficient (Wildman–Crippen LogP) is 2.79. The van der Waals surface area contributed by atoms with E-state index in [0.717, 1.165) is 5.75 Å². The summed E-state index contributed by atoms with van der Waals surface area (Å²) in [7, 11) is 1.68. The molecule has 0 saturated carbocycles. The molecule has 0 aliphatic carbocycles. The Hall–Kier alpha value is -1.08. The zero-order valence-corrected chi connectivity index (χ0v) is 12.5. The van der Waals surface area contributed by atoms with Crippen LogP contribution in [0, 0.1) is 10.1 Å². The number of hydrogen-bond donors (Lipinski definition) is 0. The van der Waals surface area contributed by atoms with Gasteiger partial charge in [0.05, 0.1) is 10.5 Å². The zero-order chi connectivity index (χ0) is 13.7. The number of thioether (sulfide) groups is 1. The molecule has 0 spiro atoms. The Balaban J connectivity index is 2.99. The van der Waals surface area contributed by atoms with Crippen molar-refractivity contribution in [1.82, 2.24) is 4.90 Å². The van der Waals surface area contributed by atoms with Crippen molar-refractivity contribution in [2.24, 2.45) is 0 Å². The van der Waals surface area contributed by atoms with Crippen LogP contribution in [0.3, 0.4) is 0 Å². The molecule has 0 heterocycles. The molecule has 1 aromatic carbocycles. The number of carbonyl (C=O) groups excluding carboxylic acids is 1. The van der Waals surface area contributed by atoms with Crippen LogP contribution in [0.4, 0.5) is 5.69 Å². The van der Waals surface area contributed by atoms with Crippen LogP contribution < -0.4 is 0 Å². The largest absolute Gasteiger partial charge is 0.341 e. The van der Waals surface area contributed by atoms with Crippen molar-refractivity contribution in [3.05, 3.63) is 38.3 Å². The van der Waals surface area contributed by atoms with Crippen LogP contribution >= 0.6 is 27.7 Å². The number of nitrogens with zero attached hydrogens (tertiary/aromatic N) is 2. The maximum absolute atomic E-state index is 12.1. The summed E-state index contributed by atoms with van der Waals surface area (Å²) in [6.45, 7) is 0.606. The van der Waals surface area contributed by atoms with Crippen molar-refractivity contribution in [2.75, 3.05) is 25.6 Å². The second kappa shape index (κ2) is 6.75. The summed E-state index contributed by atoms with van der Waals surface area (Å²) < 4.78 is 0.232. The van der Waals surface area contributed by atoms with Crippen LogP contribution in [0.1, 0.15) is 10.4 Å². The number of hydrogen-bond acceptors (Lipinski definition) is 4. The van der Waals surface area contributed by atoms with E-state index in [-0.39, 0.29) is 16.1 Å². The molecule has 0 aliphatic heterocycles. The SMILES string of the molecule is CSCCN(C)C(=O)c1cccc([N+](=O)[O-])c1Br. The van der Waals surface area contributed by atoms with E-state index >= 15 is 0 Å². The number of rotatable bonds is 5. The van der Waals surface area contributed by atoms with Crippen LogP contribution in [-0.4, -0.2) is 41.3 Å². The fourth-order valence-corrected chi connectivity index (χ4v) is 2.40. The Morgan fingerprint density at radius 3 is 2.78 bits per heavy atom. The molecule has 0 bridgehead atoms. The van der Waals surface area contributed by atoms with Crippen molar-refractivity contribution < 1.29 is 9.72 Å². The number of carbonyl (C=O) groups is 1. The summed E-state index contributed by atoms with van der Waals surface area (Å²) >= 11 is 4.77. The zero-order valence-electron chi connectivity index (χ0n) is 10.1. The number of amides is 1. The second-order valence-electron chi connectivity index (χ2n) is 3.62. The van der Waals surface area contributed by atoms with Gasteiger partial charge in [0.25, 0.3) is 11.6 Å². The van der Waals surface area contributed by atoms with Gasteiger partial charge in [-0.2, -0.15) is 11.8 Å². The Morgan fingerprint density at radius 2 is 2.22 bits per heavy atom. The highest BCUT2D eigenvalue weighted by molar-refractivity contribution is 9.10. The highest BCUT2D eigenvalue weighted by Crippen LogP contribution is 2.28. The molecule has 1 amide bonds. The molecule has 0 N–H and O–H groups in total. The molecule has 0 atom stereocenters. The lowest BCUT2D eigenvalue weighted by atomic mass is 10.2. The van der Waals surface area contributed by atoms with Crippen LogP contribution in [0.25, 0.3) is 0 Å². The average molecular weight is 333 g/mol. The maximum Gasteiger partial charge on any atom is 0.284 e. The van der Waals surface area contributed by atoms with E-state index in [1.54, 1.807) is 29.8 Å². The second-order valence-corrected chi connectivity index (χ2v) is 5.39. The van der Waals surface area contributed by atoms with Gasteiger partial charge in [0.15, 0.2) is 0 Å². The monoisotopic (exact) mass is 332 g/mol. The lowest BCUT2D eigenvalue weighted by molar-refractivity contribution is -0.385. The van der Waals surface area contributed by atoms with Crippen LogP contribution in [0.15, 0.2) is 22.7 Å². The average Bonchev–Trinajstić information content (AvgIpc) is 2.35. The van der Waals surface area contributed by atoms with Gasteiger partial charge in [-0.25, -0.2) is 0 Å². The topological polar surface area (TPSA) is 63.5 Å². The first-order chi connectivity index (χ1) is 8.49. The predicted molar refractivity (Wildman–Crippen MR) is 76.1 cm³/mol. The molecular formula is C11H13BrN2O3S. The van der Waals surface area contributed by atoms with Gasteiger partial charge in [0.1, 0.15) is 4.47 Å². The third kappa shape index (κ3) is 3.46. The first-order valence-electron chi connectivity index (χ1n) is 5.16. The van der Waals surface area contributed by atoms with Gasteiger partial charge in [0, 0.05) is 25.4 Å². The summed E-state index contributed by atoms with van der Waals surface area (Å²) in [5, 5.41) is 10.8. The molecule has 7 heteroatoms. The molecule has 18 heavy (non-hydrogen) atoms. The quantitative estimate of drug-likeness (QED) is 0.614. The summed E-state index contributed by atoms with van der Waals surface area (Å²) in [5.74, 6) is 0.606. The Morgan fingerprint density at radius 1 is 1.56 bits per heavy atom. The molecule has 0 aliphatic rings. The van der Waals surface area contributed by atoms with E-state index in [1.165, 1.54) is 12.1 Å². The van der Waals surface area contributed by atoms with E-state index in [0.29, 0.717) is 12.1 Å². The van der Waals surface area contributed by atoms with Crippen molar-refractivity contribution >= 4 is 39.3 Å². The van der Waals surface area contributed by atoms with Gasteiger partial charge < -0.3 is 4.90 Å². The normalized spacial score (nSPS) is 10.2. The molecule has 5 nitrogen and oxygen atoms in total. The minimum absolute atomic E-state index is 0.0980. The standard InChI is InChI=1S/C11H13BrN2O3S/c1-13(6-7-18-2)11(15)8-4-3-5-9(10(8)12)14(16)17/h3-5H,6-7H2,1-2H3. The molecule has 1 aromatic rings. The van der Waals surface area contributed by atoms with Gasteiger partial charge in [-0.3, -0.25) is 14.9 Å². The molecule has 0 aromatic heterocycles. The molecule has 0 fully saturated rings. The fourth-order valence-electron chi connectivity index (χ4n) is 1.36. The van der Waals surface area contributed by atoms with E-state index in [4.69, 9.17) is 0 Å².